The number of benzene rings is 1. The van der Waals surface area contributed by atoms with Crippen LogP contribution in [0.4, 0.5) is 0 Å². The van der Waals surface area contributed by atoms with Crippen molar-refractivity contribution in [3.63, 3.8) is 0 Å². The van der Waals surface area contributed by atoms with Crippen molar-refractivity contribution in [3.05, 3.63) is 29.8 Å². The molecule has 0 bridgehead atoms. The summed E-state index contributed by atoms with van der Waals surface area (Å²) in [5.41, 5.74) is 1.36. The molecule has 82 valence electrons. The molecule has 0 amide bonds. The molecule has 1 aliphatic heterocycles. The fraction of sp³-hybridized carbons (Fsp3) is 0.500. The molecule has 15 heavy (non-hydrogen) atoms. The van der Waals surface area contributed by atoms with E-state index >= 15 is 0 Å². The Morgan fingerprint density at radius 2 is 2.27 bits per heavy atom. The van der Waals surface area contributed by atoms with Crippen LogP contribution in [0.15, 0.2) is 24.3 Å². The number of rotatable bonds is 4. The average molecular weight is 270 g/mol. The normalized spacial score (nSPS) is 19.0. The van der Waals surface area contributed by atoms with Crippen molar-refractivity contribution in [1.82, 2.24) is 4.90 Å². The second-order valence-electron chi connectivity index (χ2n) is 4.00. The van der Waals surface area contributed by atoms with Gasteiger partial charge in [-0.25, -0.2) is 0 Å². The first-order valence-corrected chi connectivity index (χ1v) is 6.39. The van der Waals surface area contributed by atoms with E-state index in [4.69, 9.17) is 4.74 Å². The smallest absolute Gasteiger partial charge is 0.122 e. The van der Waals surface area contributed by atoms with E-state index < -0.39 is 0 Å². The van der Waals surface area contributed by atoms with E-state index in [2.05, 4.69) is 46.1 Å². The van der Waals surface area contributed by atoms with Crippen LogP contribution in [0.5, 0.6) is 5.75 Å². The van der Waals surface area contributed by atoms with Crippen molar-refractivity contribution in [3.8, 4) is 5.75 Å². The molecule has 1 aromatic carbocycles. The highest BCUT2D eigenvalue weighted by Crippen LogP contribution is 2.33. The van der Waals surface area contributed by atoms with Crippen molar-refractivity contribution < 1.29 is 4.74 Å². The molecular weight excluding hydrogens is 254 g/mol. The Labute approximate surface area is 99.4 Å². The minimum atomic E-state index is 0.533. The van der Waals surface area contributed by atoms with Gasteiger partial charge in [0, 0.05) is 29.9 Å². The SMILES string of the molecule is CN(CCBr)CC1COc2ccccc21. The van der Waals surface area contributed by atoms with Gasteiger partial charge in [-0.15, -0.1) is 0 Å². The van der Waals surface area contributed by atoms with Crippen LogP contribution in [0.25, 0.3) is 0 Å². The molecule has 1 aromatic rings. The van der Waals surface area contributed by atoms with E-state index in [1.54, 1.807) is 0 Å². The highest BCUT2D eigenvalue weighted by Gasteiger charge is 2.24. The van der Waals surface area contributed by atoms with Crippen molar-refractivity contribution in [2.45, 2.75) is 5.92 Å². The van der Waals surface area contributed by atoms with E-state index in [0.717, 1.165) is 30.8 Å². The van der Waals surface area contributed by atoms with Crippen LogP contribution in [-0.2, 0) is 0 Å². The standard InChI is InChI=1S/C12H16BrNO/c1-14(7-6-13)8-10-9-15-12-5-3-2-4-11(10)12/h2-5,10H,6-9H2,1H3. The summed E-state index contributed by atoms with van der Waals surface area (Å²) in [6.45, 7) is 2.98. The number of hydrogen-bond donors (Lipinski definition) is 0. The molecule has 0 saturated heterocycles. The fourth-order valence-electron chi connectivity index (χ4n) is 1.99. The van der Waals surface area contributed by atoms with Crippen LogP contribution in [0.3, 0.4) is 0 Å². The highest BCUT2D eigenvalue weighted by atomic mass is 79.9. The predicted molar refractivity (Wildman–Crippen MR) is 66.0 cm³/mol. The maximum Gasteiger partial charge on any atom is 0.122 e. The third-order valence-corrected chi connectivity index (χ3v) is 3.15. The monoisotopic (exact) mass is 269 g/mol. The van der Waals surface area contributed by atoms with Gasteiger partial charge in [0.1, 0.15) is 5.75 Å². The van der Waals surface area contributed by atoms with Gasteiger partial charge in [0.25, 0.3) is 0 Å². The number of para-hydroxylation sites is 1. The number of alkyl halides is 1. The second-order valence-corrected chi connectivity index (χ2v) is 4.79. The molecule has 0 N–H and O–H groups in total. The Morgan fingerprint density at radius 1 is 1.47 bits per heavy atom. The molecule has 1 atom stereocenters. The van der Waals surface area contributed by atoms with Crippen LogP contribution in [0, 0.1) is 0 Å². The van der Waals surface area contributed by atoms with Gasteiger partial charge in [-0.3, -0.25) is 0 Å². The molecule has 0 saturated carbocycles. The van der Waals surface area contributed by atoms with E-state index in [9.17, 15) is 0 Å². The van der Waals surface area contributed by atoms with Crippen molar-refractivity contribution >= 4 is 15.9 Å². The Hall–Kier alpha value is -0.540. The lowest BCUT2D eigenvalue weighted by Crippen LogP contribution is -2.27. The molecule has 0 radical (unpaired) electrons. The van der Waals surface area contributed by atoms with Crippen LogP contribution in [-0.4, -0.2) is 37.0 Å². The van der Waals surface area contributed by atoms with Gasteiger partial charge in [0.2, 0.25) is 0 Å². The van der Waals surface area contributed by atoms with Gasteiger partial charge in [0.15, 0.2) is 0 Å². The molecular formula is C12H16BrNO. The molecule has 1 unspecified atom stereocenters. The lowest BCUT2D eigenvalue weighted by molar-refractivity contribution is 0.275. The summed E-state index contributed by atoms with van der Waals surface area (Å²) in [5.74, 6) is 1.60. The van der Waals surface area contributed by atoms with E-state index in [1.807, 2.05) is 6.07 Å². The van der Waals surface area contributed by atoms with Gasteiger partial charge < -0.3 is 9.64 Å². The maximum absolute atomic E-state index is 5.65. The number of nitrogens with zero attached hydrogens (tertiary/aromatic N) is 1. The predicted octanol–water partition coefficient (Wildman–Crippen LogP) is 2.49. The van der Waals surface area contributed by atoms with Crippen LogP contribution in [0.1, 0.15) is 11.5 Å². The average Bonchev–Trinajstić information content (AvgIpc) is 2.62. The molecule has 1 heterocycles. The fourth-order valence-corrected chi connectivity index (χ4v) is 2.60. The number of hydrogen-bond acceptors (Lipinski definition) is 2. The van der Waals surface area contributed by atoms with Crippen molar-refractivity contribution in [2.75, 3.05) is 32.1 Å². The number of halogens is 1. The van der Waals surface area contributed by atoms with E-state index in [1.165, 1.54) is 5.56 Å². The third kappa shape index (κ3) is 2.52. The highest BCUT2D eigenvalue weighted by molar-refractivity contribution is 9.09. The van der Waals surface area contributed by atoms with E-state index in [0.29, 0.717) is 5.92 Å². The van der Waals surface area contributed by atoms with Gasteiger partial charge >= 0.3 is 0 Å². The minimum absolute atomic E-state index is 0.533. The molecule has 0 aliphatic carbocycles. The number of fused-ring (bicyclic) bond motifs is 1. The van der Waals surface area contributed by atoms with Gasteiger partial charge in [0.05, 0.1) is 6.61 Å². The Bertz CT molecular complexity index is 329. The van der Waals surface area contributed by atoms with Gasteiger partial charge in [-0.05, 0) is 13.1 Å². The molecule has 2 rings (SSSR count). The summed E-state index contributed by atoms with van der Waals surface area (Å²) >= 11 is 3.46. The quantitative estimate of drug-likeness (QED) is 0.779. The van der Waals surface area contributed by atoms with Crippen molar-refractivity contribution in [2.24, 2.45) is 0 Å². The number of ether oxygens (including phenoxy) is 1. The molecule has 3 heteroatoms. The largest absolute Gasteiger partial charge is 0.493 e. The Morgan fingerprint density at radius 3 is 3.07 bits per heavy atom. The summed E-state index contributed by atoms with van der Waals surface area (Å²) in [6, 6.07) is 8.35. The first-order chi connectivity index (χ1) is 7.31. The maximum atomic E-state index is 5.65. The zero-order chi connectivity index (χ0) is 10.7. The van der Waals surface area contributed by atoms with Crippen LogP contribution >= 0.6 is 15.9 Å². The molecule has 0 fully saturated rings. The topological polar surface area (TPSA) is 12.5 Å². The first-order valence-electron chi connectivity index (χ1n) is 5.27. The first kappa shape index (κ1) is 11.0. The van der Waals surface area contributed by atoms with Crippen molar-refractivity contribution in [1.29, 1.82) is 0 Å². The molecule has 1 aliphatic rings. The summed E-state index contributed by atoms with van der Waals surface area (Å²) < 4.78 is 5.65. The zero-order valence-electron chi connectivity index (χ0n) is 8.95. The van der Waals surface area contributed by atoms with Crippen LogP contribution < -0.4 is 4.74 Å². The third-order valence-electron chi connectivity index (χ3n) is 2.80. The Kier molecular flexibility index (Phi) is 3.65. The summed E-state index contributed by atoms with van der Waals surface area (Å²) in [4.78, 5) is 2.34. The van der Waals surface area contributed by atoms with Gasteiger partial charge in [-0.1, -0.05) is 34.1 Å². The molecule has 0 spiro atoms. The molecule has 0 aromatic heterocycles. The van der Waals surface area contributed by atoms with E-state index in [-0.39, 0.29) is 0 Å². The zero-order valence-corrected chi connectivity index (χ0v) is 10.5. The minimum Gasteiger partial charge on any atom is -0.493 e. The number of likely N-dealkylation sites (N-methyl/N-ethyl adjacent to an activating group) is 1. The summed E-state index contributed by atoms with van der Waals surface area (Å²) in [7, 11) is 2.15. The second kappa shape index (κ2) is 4.99. The van der Waals surface area contributed by atoms with Crippen LogP contribution in [0.2, 0.25) is 0 Å². The molecule has 2 nitrogen and oxygen atoms in total. The van der Waals surface area contributed by atoms with Gasteiger partial charge in [-0.2, -0.15) is 0 Å². The lowest BCUT2D eigenvalue weighted by atomic mass is 10.0. The summed E-state index contributed by atoms with van der Waals surface area (Å²) in [5, 5.41) is 1.03. The Balaban J connectivity index is 2.01. The summed E-state index contributed by atoms with van der Waals surface area (Å²) in [6.07, 6.45) is 0. The lowest BCUT2D eigenvalue weighted by Gasteiger charge is -2.18.